The lowest BCUT2D eigenvalue weighted by Gasteiger charge is -2.07. The lowest BCUT2D eigenvalue weighted by atomic mass is 10.2. The number of thiophene rings is 2. The van der Waals surface area contributed by atoms with E-state index in [4.69, 9.17) is 4.74 Å². The zero-order valence-electron chi connectivity index (χ0n) is 11.4. The van der Waals surface area contributed by atoms with E-state index in [2.05, 4.69) is 20.7 Å². The van der Waals surface area contributed by atoms with Crippen LogP contribution in [-0.4, -0.2) is 21.5 Å². The second-order valence-electron chi connectivity index (χ2n) is 4.14. The van der Waals surface area contributed by atoms with Crippen molar-refractivity contribution >= 4 is 59.6 Å². The summed E-state index contributed by atoms with van der Waals surface area (Å²) in [4.78, 5) is 12.7. The van der Waals surface area contributed by atoms with Gasteiger partial charge in [0.25, 0.3) is 10.0 Å². The minimum Gasteiger partial charge on any atom is -0.465 e. The van der Waals surface area contributed by atoms with Gasteiger partial charge in [-0.1, -0.05) is 0 Å². The summed E-state index contributed by atoms with van der Waals surface area (Å²) in [5, 5.41) is 1.95. The molecule has 2 rings (SSSR count). The van der Waals surface area contributed by atoms with E-state index in [1.807, 2.05) is 6.92 Å². The second-order valence-corrected chi connectivity index (χ2v) is 9.01. The normalized spacial score (nSPS) is 11.4. The van der Waals surface area contributed by atoms with Gasteiger partial charge in [0.2, 0.25) is 0 Å². The number of carbonyl (C=O) groups excluding carboxylic acids is 1. The van der Waals surface area contributed by atoms with Gasteiger partial charge in [0.05, 0.1) is 12.7 Å². The van der Waals surface area contributed by atoms with Crippen molar-refractivity contribution in [2.45, 2.75) is 18.1 Å². The molecule has 9 heteroatoms. The molecule has 0 unspecified atom stereocenters. The summed E-state index contributed by atoms with van der Waals surface area (Å²) in [5.41, 5.74) is 0.978. The molecule has 0 fully saturated rings. The van der Waals surface area contributed by atoms with Crippen molar-refractivity contribution in [2.75, 3.05) is 11.8 Å². The van der Waals surface area contributed by atoms with Crippen molar-refractivity contribution in [3.8, 4) is 0 Å². The topological polar surface area (TPSA) is 72.5 Å². The molecule has 0 saturated carbocycles. The molecule has 0 atom stereocenters. The summed E-state index contributed by atoms with van der Waals surface area (Å²) in [7, 11) is -2.48. The van der Waals surface area contributed by atoms with Crippen LogP contribution < -0.4 is 4.72 Å². The molecule has 0 saturated heterocycles. The first kappa shape index (κ1) is 16.5. The molecule has 0 aliphatic rings. The van der Waals surface area contributed by atoms with Crippen LogP contribution in [0.15, 0.2) is 20.1 Å². The summed E-state index contributed by atoms with van der Waals surface area (Å²) in [6.45, 7) is 3.59. The number of rotatable bonds is 4. The summed E-state index contributed by atoms with van der Waals surface area (Å²) in [5.74, 6) is -0.556. The van der Waals surface area contributed by atoms with Crippen molar-refractivity contribution in [2.24, 2.45) is 0 Å². The van der Waals surface area contributed by atoms with Gasteiger partial charge in [-0.15, -0.1) is 22.7 Å². The van der Waals surface area contributed by atoms with Gasteiger partial charge < -0.3 is 4.74 Å². The van der Waals surface area contributed by atoms with Crippen molar-refractivity contribution in [1.82, 2.24) is 0 Å². The quantitative estimate of drug-likeness (QED) is 0.779. The van der Waals surface area contributed by atoms with Gasteiger partial charge in [-0.25, -0.2) is 13.2 Å². The number of sulfonamides is 1. The third-order valence-corrected chi connectivity index (χ3v) is 8.10. The van der Waals surface area contributed by atoms with E-state index >= 15 is 0 Å². The lowest BCUT2D eigenvalue weighted by molar-refractivity contribution is 0.0601. The molecule has 0 bridgehead atoms. The van der Waals surface area contributed by atoms with Crippen molar-refractivity contribution in [1.29, 1.82) is 0 Å². The zero-order chi connectivity index (χ0) is 15.8. The first-order valence-corrected chi connectivity index (χ1v) is 9.69. The Morgan fingerprint density at radius 2 is 2.05 bits per heavy atom. The molecule has 21 heavy (non-hydrogen) atoms. The van der Waals surface area contributed by atoms with E-state index in [0.717, 1.165) is 21.8 Å². The van der Waals surface area contributed by atoms with Crippen LogP contribution >= 0.6 is 38.6 Å². The largest absolute Gasteiger partial charge is 0.465 e. The molecule has 0 aliphatic carbocycles. The second kappa shape index (κ2) is 6.07. The molecule has 5 nitrogen and oxygen atoms in total. The number of hydrogen-bond donors (Lipinski definition) is 1. The minimum atomic E-state index is -3.74. The first-order chi connectivity index (χ1) is 9.77. The standard InChI is InChI=1S/C12H12BrNO4S3/c1-6-7(2)20-10(9(6)11(15)18-3)14-21(16,17)12-8(13)4-5-19-12/h4-5,14H,1-3H3. The maximum absolute atomic E-state index is 12.4. The number of carbonyl (C=O) groups is 1. The summed E-state index contributed by atoms with van der Waals surface area (Å²) < 4.78 is 32.6. The Morgan fingerprint density at radius 1 is 1.38 bits per heavy atom. The molecule has 0 amide bonds. The van der Waals surface area contributed by atoms with Gasteiger partial charge in [-0.05, 0) is 46.8 Å². The van der Waals surface area contributed by atoms with Crippen LogP contribution in [0, 0.1) is 13.8 Å². The van der Waals surface area contributed by atoms with E-state index in [9.17, 15) is 13.2 Å². The number of methoxy groups -OCH3 is 1. The average Bonchev–Trinajstić information content (AvgIpc) is 2.94. The van der Waals surface area contributed by atoms with Gasteiger partial charge in [0.1, 0.15) is 5.00 Å². The number of esters is 1. The molecule has 0 spiro atoms. The Bertz CT molecular complexity index is 792. The Hall–Kier alpha value is -0.900. The van der Waals surface area contributed by atoms with Crippen molar-refractivity contribution < 1.29 is 17.9 Å². The highest BCUT2D eigenvalue weighted by Crippen LogP contribution is 2.36. The maximum Gasteiger partial charge on any atom is 0.341 e. The zero-order valence-corrected chi connectivity index (χ0v) is 15.4. The van der Waals surface area contributed by atoms with Crippen LogP contribution in [-0.2, 0) is 14.8 Å². The molecule has 0 radical (unpaired) electrons. The minimum absolute atomic E-state index is 0.169. The van der Waals surface area contributed by atoms with E-state index in [-0.39, 0.29) is 14.8 Å². The molecule has 0 aliphatic heterocycles. The van der Waals surface area contributed by atoms with Crippen LogP contribution in [0.25, 0.3) is 0 Å². The number of aryl methyl sites for hydroxylation is 1. The van der Waals surface area contributed by atoms with E-state index in [0.29, 0.717) is 4.47 Å². The molecule has 114 valence electrons. The molecular weight excluding hydrogens is 398 g/mol. The molecule has 2 aromatic rings. The number of nitrogens with one attached hydrogen (secondary N) is 1. The Kier molecular flexibility index (Phi) is 4.76. The molecular formula is C12H12BrNO4S3. The first-order valence-electron chi connectivity index (χ1n) is 5.72. The van der Waals surface area contributed by atoms with Crippen LogP contribution in [0.1, 0.15) is 20.8 Å². The highest BCUT2D eigenvalue weighted by molar-refractivity contribution is 9.10. The Labute approximate surface area is 139 Å². The van der Waals surface area contributed by atoms with E-state index in [1.165, 1.54) is 18.4 Å². The number of hydrogen-bond acceptors (Lipinski definition) is 6. The predicted molar refractivity (Wildman–Crippen MR) is 88.0 cm³/mol. The van der Waals surface area contributed by atoms with Crippen LogP contribution in [0.3, 0.4) is 0 Å². The lowest BCUT2D eigenvalue weighted by Crippen LogP contribution is -2.14. The fraction of sp³-hybridized carbons (Fsp3) is 0.250. The van der Waals surface area contributed by atoms with E-state index < -0.39 is 16.0 Å². The van der Waals surface area contributed by atoms with Gasteiger partial charge >= 0.3 is 5.97 Å². The molecule has 2 heterocycles. The summed E-state index contributed by atoms with van der Waals surface area (Å²) in [6.07, 6.45) is 0. The molecule has 0 aromatic carbocycles. The van der Waals surface area contributed by atoms with Crippen LogP contribution in [0.2, 0.25) is 0 Å². The fourth-order valence-corrected chi connectivity index (χ4v) is 6.38. The summed E-state index contributed by atoms with van der Waals surface area (Å²) in [6, 6.07) is 1.66. The van der Waals surface area contributed by atoms with Crippen LogP contribution in [0.5, 0.6) is 0 Å². The van der Waals surface area contributed by atoms with Crippen molar-refractivity contribution in [3.63, 3.8) is 0 Å². The Morgan fingerprint density at radius 3 is 2.57 bits per heavy atom. The fourth-order valence-electron chi connectivity index (χ4n) is 1.69. The summed E-state index contributed by atoms with van der Waals surface area (Å²) >= 11 is 5.51. The highest BCUT2D eigenvalue weighted by atomic mass is 79.9. The molecule has 1 N–H and O–H groups in total. The maximum atomic E-state index is 12.4. The van der Waals surface area contributed by atoms with E-state index in [1.54, 1.807) is 18.4 Å². The average molecular weight is 410 g/mol. The smallest absolute Gasteiger partial charge is 0.341 e. The van der Waals surface area contributed by atoms with Gasteiger partial charge in [-0.3, -0.25) is 4.72 Å². The number of anilines is 1. The Balaban J connectivity index is 2.48. The van der Waals surface area contributed by atoms with Crippen molar-refractivity contribution in [3.05, 3.63) is 31.9 Å². The third-order valence-electron chi connectivity index (χ3n) is 2.83. The number of halogens is 1. The monoisotopic (exact) mass is 409 g/mol. The van der Waals surface area contributed by atoms with Gasteiger partial charge in [0, 0.05) is 9.35 Å². The van der Waals surface area contributed by atoms with Gasteiger partial charge in [-0.2, -0.15) is 0 Å². The van der Waals surface area contributed by atoms with Crippen LogP contribution in [0.4, 0.5) is 5.00 Å². The van der Waals surface area contributed by atoms with Gasteiger partial charge in [0.15, 0.2) is 4.21 Å². The number of ether oxygens (including phenoxy) is 1. The molecule has 2 aromatic heterocycles. The third kappa shape index (κ3) is 3.15. The predicted octanol–water partition coefficient (Wildman–Crippen LogP) is 3.78. The highest BCUT2D eigenvalue weighted by Gasteiger charge is 2.26. The SMILES string of the molecule is COC(=O)c1c(NS(=O)(=O)c2sccc2Br)sc(C)c1C.